The van der Waals surface area contributed by atoms with Crippen molar-refractivity contribution in [3.05, 3.63) is 57.0 Å². The normalized spacial score (nSPS) is 14.9. The number of nitrogens with one attached hydrogen (secondary N) is 2. The van der Waals surface area contributed by atoms with Gasteiger partial charge in [0.2, 0.25) is 0 Å². The van der Waals surface area contributed by atoms with Gasteiger partial charge in [0.25, 0.3) is 11.2 Å². The van der Waals surface area contributed by atoms with Crippen LogP contribution in [0.2, 0.25) is 0 Å². The minimum atomic E-state index is -0.476. The van der Waals surface area contributed by atoms with Crippen LogP contribution in [0, 0.1) is 10.1 Å². The van der Waals surface area contributed by atoms with E-state index in [1.54, 1.807) is 12.4 Å². The van der Waals surface area contributed by atoms with E-state index in [1.807, 2.05) is 6.07 Å². The quantitative estimate of drug-likeness (QED) is 0.497. The van der Waals surface area contributed by atoms with Crippen molar-refractivity contribution in [1.82, 2.24) is 19.9 Å². The molecule has 0 radical (unpaired) electrons. The number of fused-ring (bicyclic) bond motifs is 1. The van der Waals surface area contributed by atoms with E-state index in [-0.39, 0.29) is 17.1 Å². The first-order valence-electron chi connectivity index (χ1n) is 9.53. The molecule has 29 heavy (non-hydrogen) atoms. The molecule has 0 atom stereocenters. The number of nitro groups is 1. The minimum absolute atomic E-state index is 0.0804. The summed E-state index contributed by atoms with van der Waals surface area (Å²) in [6.45, 7) is 3.63. The molecule has 3 heterocycles. The lowest BCUT2D eigenvalue weighted by atomic mass is 10.0. The largest absolute Gasteiger partial charge is 0.377 e. The van der Waals surface area contributed by atoms with Crippen molar-refractivity contribution in [3.63, 3.8) is 0 Å². The molecule has 1 aliphatic heterocycles. The van der Waals surface area contributed by atoms with Crippen LogP contribution >= 0.6 is 0 Å². The standard InChI is InChI=1S/C19H21N7O3/c1-2-12-7-18(22-10-20-12)25-5-3-13(4-6-25)24-16-9-15-14(8-17(16)26(28)29)19(27)23-11-21-15/h7-11,13,24H,2-6H2,1H3,(H,21,23,27). The van der Waals surface area contributed by atoms with Crippen LogP contribution in [0.4, 0.5) is 17.2 Å². The summed E-state index contributed by atoms with van der Waals surface area (Å²) >= 11 is 0. The zero-order valence-electron chi connectivity index (χ0n) is 16.0. The van der Waals surface area contributed by atoms with Crippen molar-refractivity contribution in [1.29, 1.82) is 0 Å². The van der Waals surface area contributed by atoms with Crippen molar-refractivity contribution < 1.29 is 4.92 Å². The van der Waals surface area contributed by atoms with Crippen molar-refractivity contribution in [2.45, 2.75) is 32.2 Å². The monoisotopic (exact) mass is 395 g/mol. The molecule has 0 unspecified atom stereocenters. The predicted molar refractivity (Wildman–Crippen MR) is 109 cm³/mol. The number of aromatic nitrogens is 4. The molecule has 4 rings (SSSR count). The van der Waals surface area contributed by atoms with Crippen LogP contribution in [0.5, 0.6) is 0 Å². The lowest BCUT2D eigenvalue weighted by Gasteiger charge is -2.33. The molecule has 0 spiro atoms. The van der Waals surface area contributed by atoms with Crippen LogP contribution in [0.3, 0.4) is 0 Å². The second-order valence-electron chi connectivity index (χ2n) is 7.00. The van der Waals surface area contributed by atoms with Gasteiger partial charge in [-0.2, -0.15) is 0 Å². The fraction of sp³-hybridized carbons (Fsp3) is 0.368. The molecule has 2 N–H and O–H groups in total. The maximum Gasteiger partial charge on any atom is 0.293 e. The number of aryl methyl sites for hydroxylation is 1. The fourth-order valence-electron chi connectivity index (χ4n) is 3.60. The molecule has 2 aromatic heterocycles. The Morgan fingerprint density at radius 2 is 2.03 bits per heavy atom. The van der Waals surface area contributed by atoms with Gasteiger partial charge in [-0.15, -0.1) is 0 Å². The van der Waals surface area contributed by atoms with Gasteiger partial charge in [-0.3, -0.25) is 14.9 Å². The van der Waals surface area contributed by atoms with E-state index < -0.39 is 10.5 Å². The Labute approximate surface area is 166 Å². The zero-order valence-corrected chi connectivity index (χ0v) is 16.0. The second-order valence-corrected chi connectivity index (χ2v) is 7.00. The molecule has 1 aromatic carbocycles. The highest BCUT2D eigenvalue weighted by atomic mass is 16.6. The van der Waals surface area contributed by atoms with Gasteiger partial charge in [0.05, 0.1) is 22.2 Å². The van der Waals surface area contributed by atoms with E-state index >= 15 is 0 Å². The molecule has 150 valence electrons. The number of nitrogens with zero attached hydrogens (tertiary/aromatic N) is 5. The van der Waals surface area contributed by atoms with Gasteiger partial charge in [0.15, 0.2) is 0 Å². The molecule has 3 aromatic rings. The average molecular weight is 395 g/mol. The maximum absolute atomic E-state index is 11.9. The molecule has 0 amide bonds. The first-order chi connectivity index (χ1) is 14.0. The lowest BCUT2D eigenvalue weighted by Crippen LogP contribution is -2.39. The number of anilines is 2. The highest BCUT2D eigenvalue weighted by molar-refractivity contribution is 5.86. The Hall–Kier alpha value is -3.56. The van der Waals surface area contributed by atoms with Crippen LogP contribution < -0.4 is 15.8 Å². The van der Waals surface area contributed by atoms with Crippen molar-refractivity contribution >= 4 is 28.1 Å². The van der Waals surface area contributed by atoms with Crippen molar-refractivity contribution in [3.8, 4) is 0 Å². The van der Waals surface area contributed by atoms with E-state index in [4.69, 9.17) is 0 Å². The van der Waals surface area contributed by atoms with Gasteiger partial charge < -0.3 is 15.2 Å². The molecule has 10 heteroatoms. The number of benzene rings is 1. The molecule has 10 nitrogen and oxygen atoms in total. The molecule has 0 saturated carbocycles. The summed E-state index contributed by atoms with van der Waals surface area (Å²) in [4.78, 5) is 40.3. The third-order valence-corrected chi connectivity index (χ3v) is 5.20. The third kappa shape index (κ3) is 3.86. The van der Waals surface area contributed by atoms with Gasteiger partial charge in [-0.25, -0.2) is 15.0 Å². The zero-order chi connectivity index (χ0) is 20.4. The number of hydrogen-bond donors (Lipinski definition) is 2. The number of piperidine rings is 1. The summed E-state index contributed by atoms with van der Waals surface area (Å²) in [5, 5.41) is 15.0. The minimum Gasteiger partial charge on any atom is -0.377 e. The number of rotatable bonds is 5. The first-order valence-corrected chi connectivity index (χ1v) is 9.53. The average Bonchev–Trinajstić information content (AvgIpc) is 2.74. The van der Waals surface area contributed by atoms with Gasteiger partial charge in [-0.05, 0) is 25.3 Å². The number of H-pyrrole nitrogens is 1. The smallest absolute Gasteiger partial charge is 0.293 e. The van der Waals surface area contributed by atoms with Crippen molar-refractivity contribution in [2.75, 3.05) is 23.3 Å². The summed E-state index contributed by atoms with van der Waals surface area (Å²) in [6.07, 6.45) is 5.36. The van der Waals surface area contributed by atoms with Gasteiger partial charge in [0, 0.05) is 37.0 Å². The van der Waals surface area contributed by atoms with Crippen LogP contribution in [0.25, 0.3) is 10.9 Å². The van der Waals surface area contributed by atoms with Crippen LogP contribution in [0.15, 0.2) is 35.6 Å². The molecule has 1 aliphatic rings. The van der Waals surface area contributed by atoms with Crippen LogP contribution in [0.1, 0.15) is 25.5 Å². The summed E-state index contributed by atoms with van der Waals surface area (Å²) < 4.78 is 0. The van der Waals surface area contributed by atoms with Gasteiger partial charge in [0.1, 0.15) is 17.8 Å². The van der Waals surface area contributed by atoms with E-state index in [2.05, 4.69) is 37.1 Å². The van der Waals surface area contributed by atoms with E-state index in [0.717, 1.165) is 43.9 Å². The molecule has 0 bridgehead atoms. The topological polar surface area (TPSA) is 130 Å². The molecule has 0 aliphatic carbocycles. The van der Waals surface area contributed by atoms with Gasteiger partial charge in [-0.1, -0.05) is 6.92 Å². The maximum atomic E-state index is 11.9. The lowest BCUT2D eigenvalue weighted by molar-refractivity contribution is -0.383. The van der Waals surface area contributed by atoms with Crippen molar-refractivity contribution in [2.24, 2.45) is 0 Å². The van der Waals surface area contributed by atoms with Crippen LogP contribution in [-0.2, 0) is 6.42 Å². The molecular formula is C19H21N7O3. The summed E-state index contributed by atoms with van der Waals surface area (Å²) in [6, 6.07) is 4.95. The highest BCUT2D eigenvalue weighted by Gasteiger charge is 2.24. The number of hydrogen-bond acceptors (Lipinski definition) is 8. The number of nitro benzene ring substituents is 1. The second kappa shape index (κ2) is 7.82. The summed E-state index contributed by atoms with van der Waals surface area (Å²) in [5.74, 6) is 0.912. The Balaban J connectivity index is 1.51. The predicted octanol–water partition coefficient (Wildman–Crippen LogP) is 2.26. The van der Waals surface area contributed by atoms with Gasteiger partial charge >= 0.3 is 0 Å². The van der Waals surface area contributed by atoms with E-state index in [9.17, 15) is 14.9 Å². The van der Waals surface area contributed by atoms with E-state index in [0.29, 0.717) is 11.2 Å². The Bertz CT molecular complexity index is 1110. The Morgan fingerprint density at radius 1 is 1.24 bits per heavy atom. The van der Waals surface area contributed by atoms with Crippen LogP contribution in [-0.4, -0.2) is 44.0 Å². The summed E-state index contributed by atoms with van der Waals surface area (Å²) in [5.41, 5.74) is 1.29. The third-order valence-electron chi connectivity index (χ3n) is 5.20. The Kier molecular flexibility index (Phi) is 5.07. The SMILES string of the molecule is CCc1cc(N2CCC(Nc3cc4nc[nH]c(=O)c4cc3[N+](=O)[O-])CC2)ncn1. The molecular weight excluding hydrogens is 374 g/mol. The molecule has 1 fully saturated rings. The first kappa shape index (κ1) is 18.8. The molecule has 1 saturated heterocycles. The fourth-order valence-corrected chi connectivity index (χ4v) is 3.60. The van der Waals surface area contributed by atoms with E-state index in [1.165, 1.54) is 12.4 Å². The summed E-state index contributed by atoms with van der Waals surface area (Å²) in [7, 11) is 0. The number of aromatic amines is 1. The highest BCUT2D eigenvalue weighted by Crippen LogP contribution is 2.30. The Morgan fingerprint density at radius 3 is 2.76 bits per heavy atom.